The van der Waals surface area contributed by atoms with Crippen molar-refractivity contribution < 1.29 is 14.3 Å². The average molecular weight is 386 g/mol. The Hall–Kier alpha value is -2.14. The van der Waals surface area contributed by atoms with Crippen molar-refractivity contribution in [3.8, 4) is 0 Å². The molecule has 4 nitrogen and oxygen atoms in total. The molecule has 2 aromatic rings. The molecular weight excluding hydrogens is 358 g/mol. The van der Waals surface area contributed by atoms with Crippen molar-refractivity contribution in [2.24, 2.45) is 5.92 Å². The van der Waals surface area contributed by atoms with Crippen LogP contribution in [0, 0.1) is 5.92 Å². The van der Waals surface area contributed by atoms with Gasteiger partial charge in [-0.25, -0.2) is 0 Å². The molecule has 0 saturated carbocycles. The maximum atomic E-state index is 13.1. The molecule has 0 aliphatic carbocycles. The minimum atomic E-state index is -0.544. The molecule has 2 heterocycles. The van der Waals surface area contributed by atoms with Gasteiger partial charge in [0.25, 0.3) is 0 Å². The molecule has 5 heteroatoms. The van der Waals surface area contributed by atoms with Crippen molar-refractivity contribution in [2.45, 2.75) is 52.2 Å². The molecule has 0 N–H and O–H groups in total. The number of ether oxygens (including phenoxy) is 1. The van der Waals surface area contributed by atoms with Crippen LogP contribution in [0.4, 0.5) is 0 Å². The fraction of sp³-hybridized carbons (Fsp3) is 0.455. The summed E-state index contributed by atoms with van der Waals surface area (Å²) in [5, 5.41) is 2.10. The summed E-state index contributed by atoms with van der Waals surface area (Å²) < 4.78 is 5.44. The van der Waals surface area contributed by atoms with E-state index in [2.05, 4.69) is 23.6 Å². The molecule has 3 rings (SSSR count). The van der Waals surface area contributed by atoms with Gasteiger partial charge in [0.1, 0.15) is 5.60 Å². The van der Waals surface area contributed by atoms with Crippen LogP contribution >= 0.6 is 11.3 Å². The summed E-state index contributed by atoms with van der Waals surface area (Å²) in [7, 11) is 0. The maximum Gasteiger partial charge on any atom is 0.309 e. The van der Waals surface area contributed by atoms with E-state index in [0.717, 1.165) is 12.0 Å². The fourth-order valence-corrected chi connectivity index (χ4v) is 4.35. The van der Waals surface area contributed by atoms with Crippen LogP contribution in [-0.4, -0.2) is 28.9 Å². The number of hydrogen-bond acceptors (Lipinski definition) is 4. The fourth-order valence-electron chi connectivity index (χ4n) is 3.44. The van der Waals surface area contributed by atoms with Crippen LogP contribution in [0.15, 0.2) is 41.8 Å². The summed E-state index contributed by atoms with van der Waals surface area (Å²) in [6.45, 7) is 7.96. The molecule has 0 saturated heterocycles. The minimum Gasteiger partial charge on any atom is -0.460 e. The van der Waals surface area contributed by atoms with Gasteiger partial charge in [0.15, 0.2) is 0 Å². The number of amides is 1. The van der Waals surface area contributed by atoms with Gasteiger partial charge in [-0.05, 0) is 49.8 Å². The molecule has 1 aromatic heterocycles. The van der Waals surface area contributed by atoms with Gasteiger partial charge in [0.2, 0.25) is 5.91 Å². The highest BCUT2D eigenvalue weighted by molar-refractivity contribution is 7.10. The number of benzene rings is 1. The number of fused-ring (bicyclic) bond motifs is 1. The third kappa shape index (κ3) is 4.59. The molecule has 0 bridgehead atoms. The highest BCUT2D eigenvalue weighted by Crippen LogP contribution is 2.38. The lowest BCUT2D eigenvalue weighted by atomic mass is 9.92. The second-order valence-electron chi connectivity index (χ2n) is 8.09. The standard InChI is InChI=1S/C22H27NO3S/c1-15(21(25)26-22(2,3)4)14-19(24)23-12-10-18-17(11-13-27-18)20(23)16-8-6-5-7-9-16/h5-9,11,13,15,20H,10,12,14H2,1-4H3. The molecule has 1 aliphatic heterocycles. The van der Waals surface area contributed by atoms with E-state index in [9.17, 15) is 9.59 Å². The first-order valence-electron chi connectivity index (χ1n) is 9.40. The molecule has 2 atom stereocenters. The number of nitrogens with zero attached hydrogens (tertiary/aromatic N) is 1. The highest BCUT2D eigenvalue weighted by Gasteiger charge is 2.34. The molecule has 0 radical (unpaired) electrons. The smallest absolute Gasteiger partial charge is 0.309 e. The number of hydrogen-bond donors (Lipinski definition) is 0. The van der Waals surface area contributed by atoms with Crippen molar-refractivity contribution in [1.29, 1.82) is 0 Å². The Morgan fingerprint density at radius 2 is 1.93 bits per heavy atom. The number of esters is 1. The van der Waals surface area contributed by atoms with Crippen molar-refractivity contribution >= 4 is 23.2 Å². The van der Waals surface area contributed by atoms with Gasteiger partial charge in [0, 0.05) is 17.8 Å². The molecule has 0 fully saturated rings. The van der Waals surface area contributed by atoms with E-state index in [0.29, 0.717) is 6.54 Å². The summed E-state index contributed by atoms with van der Waals surface area (Å²) in [6.07, 6.45) is 1.03. The predicted octanol–water partition coefficient (Wildman–Crippen LogP) is 4.59. The molecule has 0 spiro atoms. The molecule has 1 amide bonds. The van der Waals surface area contributed by atoms with Crippen molar-refractivity contribution in [3.63, 3.8) is 0 Å². The largest absolute Gasteiger partial charge is 0.460 e. The topological polar surface area (TPSA) is 46.6 Å². The lowest BCUT2D eigenvalue weighted by Crippen LogP contribution is -2.41. The van der Waals surface area contributed by atoms with Crippen LogP contribution in [0.5, 0.6) is 0 Å². The first-order chi connectivity index (χ1) is 12.8. The van der Waals surface area contributed by atoms with Crippen LogP contribution in [0.25, 0.3) is 0 Å². The van der Waals surface area contributed by atoms with E-state index in [1.807, 2.05) is 43.9 Å². The minimum absolute atomic E-state index is 0.000868. The van der Waals surface area contributed by atoms with Gasteiger partial charge in [-0.3, -0.25) is 9.59 Å². The first-order valence-corrected chi connectivity index (χ1v) is 10.3. The van der Waals surface area contributed by atoms with Gasteiger partial charge in [0.05, 0.1) is 12.0 Å². The van der Waals surface area contributed by atoms with E-state index in [1.54, 1.807) is 18.3 Å². The van der Waals surface area contributed by atoms with Gasteiger partial charge >= 0.3 is 5.97 Å². The lowest BCUT2D eigenvalue weighted by molar-refractivity contribution is -0.161. The number of rotatable bonds is 4. The summed E-state index contributed by atoms with van der Waals surface area (Å²) in [4.78, 5) is 28.7. The normalized spacial score (nSPS) is 17.9. The number of thiophene rings is 1. The molecule has 1 aliphatic rings. The van der Waals surface area contributed by atoms with Gasteiger partial charge < -0.3 is 9.64 Å². The zero-order chi connectivity index (χ0) is 19.6. The molecular formula is C22H27NO3S. The number of carbonyl (C=O) groups excluding carboxylic acids is 2. The summed E-state index contributed by atoms with van der Waals surface area (Å²) in [5.74, 6) is -0.781. The zero-order valence-corrected chi connectivity index (χ0v) is 17.2. The first kappa shape index (κ1) is 19.6. The second kappa shape index (κ2) is 7.85. The van der Waals surface area contributed by atoms with E-state index < -0.39 is 11.5 Å². The molecule has 1 aromatic carbocycles. The third-order valence-electron chi connectivity index (χ3n) is 4.69. The van der Waals surface area contributed by atoms with Crippen molar-refractivity contribution in [3.05, 3.63) is 57.8 Å². The van der Waals surface area contributed by atoms with Crippen LogP contribution in [0.2, 0.25) is 0 Å². The summed E-state index contributed by atoms with van der Waals surface area (Å²) >= 11 is 1.75. The zero-order valence-electron chi connectivity index (χ0n) is 16.4. The van der Waals surface area contributed by atoms with Crippen molar-refractivity contribution in [1.82, 2.24) is 4.90 Å². The maximum absolute atomic E-state index is 13.1. The van der Waals surface area contributed by atoms with Gasteiger partial charge in [-0.1, -0.05) is 37.3 Å². The molecule has 2 unspecified atom stereocenters. The molecule has 144 valence electrons. The quantitative estimate of drug-likeness (QED) is 0.723. The Morgan fingerprint density at radius 1 is 1.22 bits per heavy atom. The van der Waals surface area contributed by atoms with Gasteiger partial charge in [-0.15, -0.1) is 11.3 Å². The Labute approximate surface area is 165 Å². The Balaban J connectivity index is 1.80. The number of carbonyl (C=O) groups is 2. The average Bonchev–Trinajstić information content (AvgIpc) is 3.08. The second-order valence-corrected chi connectivity index (χ2v) is 9.09. The van der Waals surface area contributed by atoms with Crippen LogP contribution in [0.1, 0.15) is 56.2 Å². The third-order valence-corrected chi connectivity index (χ3v) is 5.69. The van der Waals surface area contributed by atoms with E-state index in [-0.39, 0.29) is 24.3 Å². The van der Waals surface area contributed by atoms with E-state index in [4.69, 9.17) is 4.74 Å². The van der Waals surface area contributed by atoms with Crippen LogP contribution in [-0.2, 0) is 20.7 Å². The van der Waals surface area contributed by atoms with Crippen LogP contribution < -0.4 is 0 Å². The Kier molecular flexibility index (Phi) is 5.70. The van der Waals surface area contributed by atoms with E-state index in [1.165, 1.54) is 10.4 Å². The summed E-state index contributed by atoms with van der Waals surface area (Å²) in [6, 6.07) is 12.2. The summed E-state index contributed by atoms with van der Waals surface area (Å²) in [5.41, 5.74) is 1.77. The lowest BCUT2D eigenvalue weighted by Gasteiger charge is -2.37. The Bertz CT molecular complexity index is 806. The highest BCUT2D eigenvalue weighted by atomic mass is 32.1. The van der Waals surface area contributed by atoms with E-state index >= 15 is 0 Å². The SMILES string of the molecule is CC(CC(=O)N1CCc2sccc2C1c1ccccc1)C(=O)OC(C)(C)C. The van der Waals surface area contributed by atoms with Gasteiger partial charge in [-0.2, -0.15) is 0 Å². The van der Waals surface area contributed by atoms with Crippen LogP contribution in [0.3, 0.4) is 0 Å². The molecule has 27 heavy (non-hydrogen) atoms. The predicted molar refractivity (Wildman–Crippen MR) is 108 cm³/mol. The Morgan fingerprint density at radius 3 is 2.59 bits per heavy atom. The monoisotopic (exact) mass is 385 g/mol. The van der Waals surface area contributed by atoms with Crippen molar-refractivity contribution in [2.75, 3.05) is 6.54 Å².